The van der Waals surface area contributed by atoms with Crippen molar-refractivity contribution in [1.29, 1.82) is 0 Å². The van der Waals surface area contributed by atoms with E-state index in [1.807, 2.05) is 0 Å². The number of aromatic nitrogens is 4. The van der Waals surface area contributed by atoms with Crippen molar-refractivity contribution in [3.8, 4) is 11.5 Å². The molecule has 0 unspecified atom stereocenters. The van der Waals surface area contributed by atoms with Gasteiger partial charge < -0.3 is 29.6 Å². The van der Waals surface area contributed by atoms with E-state index in [4.69, 9.17) is 13.9 Å². The van der Waals surface area contributed by atoms with E-state index >= 15 is 0 Å². The molecule has 0 radical (unpaired) electrons. The molecule has 1 saturated heterocycles. The number of anilines is 2. The van der Waals surface area contributed by atoms with Crippen molar-refractivity contribution in [2.45, 2.75) is 57.4 Å². The van der Waals surface area contributed by atoms with Crippen LogP contribution in [0.1, 0.15) is 26.0 Å². The van der Waals surface area contributed by atoms with Crippen LogP contribution in [0.15, 0.2) is 22.7 Å². The summed E-state index contributed by atoms with van der Waals surface area (Å²) >= 11 is 0. The van der Waals surface area contributed by atoms with Gasteiger partial charge in [0.2, 0.25) is 11.8 Å². The Morgan fingerprint density at radius 3 is 2.66 bits per heavy atom. The van der Waals surface area contributed by atoms with Gasteiger partial charge in [-0.15, -0.1) is 0 Å². The van der Waals surface area contributed by atoms with E-state index in [9.17, 15) is 18.3 Å². The first-order chi connectivity index (χ1) is 16.5. The molecule has 2 aliphatic rings. The molecule has 3 aromatic heterocycles. The standard InChI is InChI=1S/C22H25F3N6O4/c1-10-14(19-30-17-13(33-19)5-4-6-26-17)18(31-20(28-10)27-9-22(23,24)25)29-12-7-11(8-32)15-16(12)35-21(2,3)34-15/h4-6,11-12,15-16,32H,7-9H2,1-3H3,(H2,27,28,29,31)/t11-,12-,15-,16+/m1/s1. The van der Waals surface area contributed by atoms with E-state index in [0.717, 1.165) is 0 Å². The first kappa shape index (κ1) is 23.7. The summed E-state index contributed by atoms with van der Waals surface area (Å²) in [6.45, 7) is 3.84. The Labute approximate surface area is 198 Å². The van der Waals surface area contributed by atoms with Crippen LogP contribution in [0.25, 0.3) is 22.7 Å². The average molecular weight is 494 g/mol. The van der Waals surface area contributed by atoms with Gasteiger partial charge in [-0.1, -0.05) is 0 Å². The van der Waals surface area contributed by atoms with Crippen LogP contribution in [0, 0.1) is 12.8 Å². The van der Waals surface area contributed by atoms with Gasteiger partial charge >= 0.3 is 6.18 Å². The van der Waals surface area contributed by atoms with Crippen LogP contribution < -0.4 is 10.6 Å². The van der Waals surface area contributed by atoms with Gasteiger partial charge in [0.1, 0.15) is 24.0 Å². The molecular weight excluding hydrogens is 469 g/mol. The molecule has 0 amide bonds. The van der Waals surface area contributed by atoms with Crippen molar-refractivity contribution in [3.05, 3.63) is 24.0 Å². The Balaban J connectivity index is 1.53. The van der Waals surface area contributed by atoms with Gasteiger partial charge in [-0.2, -0.15) is 23.1 Å². The number of nitrogens with zero attached hydrogens (tertiary/aromatic N) is 4. The summed E-state index contributed by atoms with van der Waals surface area (Å²) in [5.74, 6) is -0.805. The topological polar surface area (TPSA) is 127 Å². The average Bonchev–Trinajstić information content (AvgIpc) is 3.42. The van der Waals surface area contributed by atoms with E-state index in [2.05, 4.69) is 30.6 Å². The molecule has 4 heterocycles. The van der Waals surface area contributed by atoms with Gasteiger partial charge in [-0.25, -0.2) is 9.97 Å². The van der Waals surface area contributed by atoms with Gasteiger partial charge in [0.15, 0.2) is 17.0 Å². The highest BCUT2D eigenvalue weighted by Crippen LogP contribution is 2.43. The van der Waals surface area contributed by atoms with E-state index < -0.39 is 24.6 Å². The Bertz CT molecular complexity index is 1200. The molecule has 2 fully saturated rings. The fourth-order valence-electron chi connectivity index (χ4n) is 4.65. The second-order valence-corrected chi connectivity index (χ2v) is 9.16. The minimum Gasteiger partial charge on any atom is -0.434 e. The zero-order valence-corrected chi connectivity index (χ0v) is 19.3. The first-order valence-corrected chi connectivity index (χ1v) is 11.2. The number of nitrogens with one attached hydrogen (secondary N) is 2. The Morgan fingerprint density at radius 2 is 1.94 bits per heavy atom. The van der Waals surface area contributed by atoms with E-state index in [0.29, 0.717) is 28.9 Å². The summed E-state index contributed by atoms with van der Waals surface area (Å²) in [5, 5.41) is 15.4. The van der Waals surface area contributed by atoms with Gasteiger partial charge in [0.25, 0.3) is 0 Å². The molecule has 10 nitrogen and oxygen atoms in total. The van der Waals surface area contributed by atoms with Gasteiger partial charge in [0.05, 0.1) is 17.8 Å². The van der Waals surface area contributed by atoms with E-state index in [1.165, 1.54) is 0 Å². The first-order valence-electron chi connectivity index (χ1n) is 11.2. The summed E-state index contributed by atoms with van der Waals surface area (Å²) in [6, 6.07) is 3.07. The number of aryl methyl sites for hydroxylation is 1. The summed E-state index contributed by atoms with van der Waals surface area (Å²) in [6.07, 6.45) is -3.10. The predicted molar refractivity (Wildman–Crippen MR) is 119 cm³/mol. The molecule has 1 aliphatic heterocycles. The summed E-state index contributed by atoms with van der Waals surface area (Å²) < 4.78 is 56.4. The maximum Gasteiger partial charge on any atom is 0.405 e. The molecule has 4 atom stereocenters. The molecule has 1 aliphatic carbocycles. The van der Waals surface area contributed by atoms with Crippen LogP contribution in [0.5, 0.6) is 0 Å². The largest absolute Gasteiger partial charge is 0.434 e. The lowest BCUT2D eigenvalue weighted by Crippen LogP contribution is -2.35. The van der Waals surface area contributed by atoms with Gasteiger partial charge in [0, 0.05) is 18.7 Å². The van der Waals surface area contributed by atoms with Crippen molar-refractivity contribution < 1.29 is 32.2 Å². The summed E-state index contributed by atoms with van der Waals surface area (Å²) in [7, 11) is 0. The second-order valence-electron chi connectivity index (χ2n) is 9.16. The molecule has 13 heteroatoms. The number of hydrogen-bond acceptors (Lipinski definition) is 10. The quantitative estimate of drug-likeness (QED) is 0.470. The zero-order valence-electron chi connectivity index (χ0n) is 19.3. The summed E-state index contributed by atoms with van der Waals surface area (Å²) in [5.41, 5.74) is 1.57. The van der Waals surface area contributed by atoms with Crippen LogP contribution >= 0.6 is 0 Å². The number of fused-ring (bicyclic) bond motifs is 2. The number of oxazole rings is 1. The monoisotopic (exact) mass is 494 g/mol. The maximum absolute atomic E-state index is 12.8. The molecular formula is C22H25F3N6O4. The number of pyridine rings is 1. The molecule has 0 spiro atoms. The normalized spacial score (nSPS) is 25.7. The SMILES string of the molecule is Cc1nc(NCC(F)(F)F)nc(N[C@@H]2C[C@H](CO)[C@H]3OC(C)(C)O[C@H]32)c1-c1nc2ncccc2o1. The lowest BCUT2D eigenvalue weighted by Gasteiger charge is -2.24. The smallest absolute Gasteiger partial charge is 0.405 e. The Morgan fingerprint density at radius 1 is 1.17 bits per heavy atom. The van der Waals surface area contributed by atoms with Crippen molar-refractivity contribution in [2.24, 2.45) is 5.92 Å². The minimum absolute atomic E-state index is 0.0936. The van der Waals surface area contributed by atoms with Crippen molar-refractivity contribution >= 4 is 23.0 Å². The third-order valence-corrected chi connectivity index (χ3v) is 6.05. The number of aliphatic hydroxyl groups excluding tert-OH is 1. The maximum atomic E-state index is 12.8. The molecule has 0 bridgehead atoms. The number of alkyl halides is 3. The second kappa shape index (κ2) is 8.57. The summed E-state index contributed by atoms with van der Waals surface area (Å²) in [4.78, 5) is 17.1. The predicted octanol–water partition coefficient (Wildman–Crippen LogP) is 3.28. The molecule has 0 aromatic carbocycles. The fraction of sp³-hybridized carbons (Fsp3) is 0.545. The third kappa shape index (κ3) is 4.75. The van der Waals surface area contributed by atoms with E-state index in [-0.39, 0.29) is 42.3 Å². The van der Waals surface area contributed by atoms with Crippen LogP contribution in [-0.4, -0.2) is 68.4 Å². The number of rotatable bonds is 6. The lowest BCUT2D eigenvalue weighted by atomic mass is 10.1. The molecule has 188 valence electrons. The zero-order chi connectivity index (χ0) is 25.0. The highest BCUT2D eigenvalue weighted by Gasteiger charge is 2.54. The van der Waals surface area contributed by atoms with Crippen LogP contribution in [-0.2, 0) is 9.47 Å². The third-order valence-electron chi connectivity index (χ3n) is 6.05. The molecule has 3 N–H and O–H groups in total. The van der Waals surface area contributed by atoms with Crippen LogP contribution in [0.3, 0.4) is 0 Å². The van der Waals surface area contributed by atoms with Crippen LogP contribution in [0.2, 0.25) is 0 Å². The highest BCUT2D eigenvalue weighted by molar-refractivity contribution is 5.78. The molecule has 3 aromatic rings. The number of hydrogen-bond donors (Lipinski definition) is 3. The fourth-order valence-corrected chi connectivity index (χ4v) is 4.65. The highest BCUT2D eigenvalue weighted by atomic mass is 19.4. The van der Waals surface area contributed by atoms with Crippen molar-refractivity contribution in [2.75, 3.05) is 23.8 Å². The Kier molecular flexibility index (Phi) is 5.80. The number of aliphatic hydroxyl groups is 1. The Hall–Kier alpha value is -3.03. The van der Waals surface area contributed by atoms with Crippen LogP contribution in [0.4, 0.5) is 24.9 Å². The minimum atomic E-state index is -4.44. The molecule has 1 saturated carbocycles. The molecule has 35 heavy (non-hydrogen) atoms. The van der Waals surface area contributed by atoms with Gasteiger partial charge in [-0.05, 0) is 39.3 Å². The number of halogens is 3. The van der Waals surface area contributed by atoms with E-state index in [1.54, 1.807) is 39.1 Å². The van der Waals surface area contributed by atoms with Gasteiger partial charge in [-0.3, -0.25) is 0 Å². The lowest BCUT2D eigenvalue weighted by molar-refractivity contribution is -0.158. The molecule has 5 rings (SSSR count). The number of ether oxygens (including phenoxy) is 2. The van der Waals surface area contributed by atoms with Crippen molar-refractivity contribution in [1.82, 2.24) is 19.9 Å². The van der Waals surface area contributed by atoms with Crippen molar-refractivity contribution in [3.63, 3.8) is 0 Å².